The lowest BCUT2D eigenvalue weighted by Gasteiger charge is -2.18. The van der Waals surface area contributed by atoms with E-state index in [0.717, 1.165) is 33.9 Å². The number of halogens is 1. The van der Waals surface area contributed by atoms with E-state index in [9.17, 15) is 9.59 Å². The van der Waals surface area contributed by atoms with Crippen LogP contribution in [0.1, 0.15) is 53.2 Å². The molecule has 0 saturated heterocycles. The number of hydrogen-bond acceptors (Lipinski definition) is 5. The van der Waals surface area contributed by atoms with Crippen LogP contribution in [0.3, 0.4) is 0 Å². The molecule has 0 N–H and O–H groups in total. The van der Waals surface area contributed by atoms with Gasteiger partial charge in [-0.2, -0.15) is 0 Å². The molecule has 4 nitrogen and oxygen atoms in total. The minimum absolute atomic E-state index is 0.00981. The molecule has 0 aliphatic carbocycles. The van der Waals surface area contributed by atoms with Crippen LogP contribution < -0.4 is 4.74 Å². The zero-order valence-corrected chi connectivity index (χ0v) is 21.2. The predicted octanol–water partition coefficient (Wildman–Crippen LogP) is 6.97. The van der Waals surface area contributed by atoms with Crippen molar-refractivity contribution < 1.29 is 19.1 Å². The molecule has 0 unspecified atom stereocenters. The van der Waals surface area contributed by atoms with E-state index in [0.29, 0.717) is 22.8 Å². The third kappa shape index (κ3) is 6.87. The molecular weight excluding hydrogens is 468 g/mol. The summed E-state index contributed by atoms with van der Waals surface area (Å²) in [6.07, 6.45) is 1.03. The second-order valence-electron chi connectivity index (χ2n) is 8.14. The molecule has 0 atom stereocenters. The quantitative estimate of drug-likeness (QED) is 0.124. The van der Waals surface area contributed by atoms with E-state index < -0.39 is 0 Å². The number of ether oxygens (including phenoxy) is 2. The summed E-state index contributed by atoms with van der Waals surface area (Å²) >= 11 is 8.03. The number of carbonyl (C=O) groups excluding carboxylic acids is 2. The van der Waals surface area contributed by atoms with Crippen molar-refractivity contribution in [1.29, 1.82) is 0 Å². The maximum absolute atomic E-state index is 13.1. The van der Waals surface area contributed by atoms with Gasteiger partial charge in [0.2, 0.25) is 0 Å². The van der Waals surface area contributed by atoms with E-state index >= 15 is 0 Å². The highest BCUT2D eigenvalue weighted by Gasteiger charge is 2.19. The van der Waals surface area contributed by atoms with E-state index in [1.807, 2.05) is 66.7 Å². The zero-order valence-electron chi connectivity index (χ0n) is 19.7. The summed E-state index contributed by atoms with van der Waals surface area (Å²) in [4.78, 5) is 25.5. The Hall–Kier alpha value is -2.76. The van der Waals surface area contributed by atoms with Crippen molar-refractivity contribution in [3.63, 3.8) is 0 Å². The van der Waals surface area contributed by atoms with E-state index in [2.05, 4.69) is 13.8 Å². The zero-order chi connectivity index (χ0) is 24.5. The van der Waals surface area contributed by atoms with Gasteiger partial charge in [-0.15, -0.1) is 11.8 Å². The molecule has 0 aliphatic heterocycles. The number of thioether (sulfide) groups is 1. The van der Waals surface area contributed by atoms with Crippen LogP contribution in [0.15, 0.2) is 71.6 Å². The lowest BCUT2D eigenvalue weighted by atomic mass is 9.91. The number of hydrogen-bond donors (Lipinski definition) is 0. The third-order valence-corrected chi connectivity index (χ3v) is 6.88. The summed E-state index contributed by atoms with van der Waals surface area (Å²) < 4.78 is 10.8. The molecule has 3 aromatic rings. The van der Waals surface area contributed by atoms with Crippen LogP contribution in [0.25, 0.3) is 0 Å². The first kappa shape index (κ1) is 25.9. The van der Waals surface area contributed by atoms with Crippen LogP contribution >= 0.6 is 23.4 Å². The van der Waals surface area contributed by atoms with E-state index in [1.165, 1.54) is 7.11 Å². The molecule has 0 spiro atoms. The van der Waals surface area contributed by atoms with Gasteiger partial charge < -0.3 is 9.47 Å². The third-order valence-electron chi connectivity index (χ3n) is 5.30. The van der Waals surface area contributed by atoms with Gasteiger partial charge in [-0.1, -0.05) is 74.0 Å². The largest absolute Gasteiger partial charge is 0.493 e. The molecule has 3 rings (SSSR count). The molecule has 0 aliphatic rings. The molecule has 34 heavy (non-hydrogen) atoms. The molecule has 0 saturated carbocycles. The van der Waals surface area contributed by atoms with Gasteiger partial charge in [0.15, 0.2) is 5.78 Å². The van der Waals surface area contributed by atoms with Gasteiger partial charge in [0.05, 0.1) is 25.2 Å². The summed E-state index contributed by atoms with van der Waals surface area (Å²) in [6.45, 7) is 4.69. The van der Waals surface area contributed by atoms with Crippen molar-refractivity contribution >= 4 is 35.1 Å². The van der Waals surface area contributed by atoms with Gasteiger partial charge in [-0.3, -0.25) is 9.59 Å². The van der Waals surface area contributed by atoms with Crippen molar-refractivity contribution in [3.8, 4) is 5.75 Å². The second-order valence-corrected chi connectivity index (χ2v) is 9.68. The average Bonchev–Trinajstić information content (AvgIpc) is 2.84. The second kappa shape index (κ2) is 12.6. The Balaban J connectivity index is 1.59. The first-order chi connectivity index (χ1) is 16.4. The number of esters is 1. The van der Waals surface area contributed by atoms with Crippen LogP contribution in [0, 0.1) is 0 Å². The van der Waals surface area contributed by atoms with Gasteiger partial charge in [0.25, 0.3) is 0 Å². The van der Waals surface area contributed by atoms with Crippen LogP contribution in [0.2, 0.25) is 5.02 Å². The Labute approximate surface area is 210 Å². The van der Waals surface area contributed by atoms with Crippen molar-refractivity contribution in [2.24, 2.45) is 0 Å². The molecule has 0 bridgehead atoms. The summed E-state index contributed by atoms with van der Waals surface area (Å²) in [7, 11) is 1.37. The lowest BCUT2D eigenvalue weighted by molar-refractivity contribution is -0.139. The van der Waals surface area contributed by atoms with Crippen molar-refractivity contribution in [2.75, 3.05) is 19.5 Å². The highest BCUT2D eigenvalue weighted by molar-refractivity contribution is 7.99. The molecule has 0 radical (unpaired) electrons. The number of rotatable bonds is 11. The molecule has 6 heteroatoms. The fraction of sp³-hybridized carbons (Fsp3) is 0.286. The molecule has 178 valence electrons. The SMILES string of the molecule is COC(=O)Cc1ccc(SCCCOc2cccc(C(=O)c3ccccc3)c2C(C)C)c(Cl)c1. The first-order valence-electron chi connectivity index (χ1n) is 11.2. The Bertz CT molecular complexity index is 1130. The fourth-order valence-electron chi connectivity index (χ4n) is 3.64. The number of methoxy groups -OCH3 is 1. The molecule has 0 amide bonds. The van der Waals surface area contributed by atoms with Gasteiger partial charge in [-0.05, 0) is 36.1 Å². The molecule has 0 heterocycles. The Kier molecular flexibility index (Phi) is 9.61. The fourth-order valence-corrected chi connectivity index (χ4v) is 4.85. The molecule has 0 aromatic heterocycles. The maximum atomic E-state index is 13.1. The van der Waals surface area contributed by atoms with E-state index in [4.69, 9.17) is 21.1 Å². The highest BCUT2D eigenvalue weighted by Crippen LogP contribution is 2.32. The molecular formula is C28H29ClO4S. The summed E-state index contributed by atoms with van der Waals surface area (Å²) in [6, 6.07) is 20.6. The van der Waals surface area contributed by atoms with E-state index in [1.54, 1.807) is 11.8 Å². The Morgan fingerprint density at radius 1 is 1.00 bits per heavy atom. The first-order valence-corrected chi connectivity index (χ1v) is 12.6. The Morgan fingerprint density at radius 3 is 2.44 bits per heavy atom. The van der Waals surface area contributed by atoms with Crippen LogP contribution in [-0.2, 0) is 16.0 Å². The summed E-state index contributed by atoms with van der Waals surface area (Å²) in [5.41, 5.74) is 3.13. The van der Waals surface area contributed by atoms with Crippen molar-refractivity contribution in [1.82, 2.24) is 0 Å². The maximum Gasteiger partial charge on any atom is 0.309 e. The van der Waals surface area contributed by atoms with Gasteiger partial charge in [-0.25, -0.2) is 0 Å². The monoisotopic (exact) mass is 496 g/mol. The normalized spacial score (nSPS) is 10.9. The van der Waals surface area contributed by atoms with Gasteiger partial charge in [0.1, 0.15) is 5.75 Å². The molecule has 0 fully saturated rings. The summed E-state index contributed by atoms with van der Waals surface area (Å²) in [5, 5.41) is 0.626. The van der Waals surface area contributed by atoms with Crippen LogP contribution in [0.5, 0.6) is 5.75 Å². The number of benzene rings is 3. The summed E-state index contributed by atoms with van der Waals surface area (Å²) in [5.74, 6) is 1.46. The van der Waals surface area contributed by atoms with Crippen LogP contribution in [0.4, 0.5) is 0 Å². The standard InChI is InChI=1S/C28H29ClO4S/c1-19(2)27-22(28(31)21-9-5-4-6-10-21)11-7-12-24(27)33-15-8-16-34-25-14-13-20(17-23(25)29)18-26(30)32-3/h4-7,9-14,17,19H,8,15-16,18H2,1-3H3. The molecule has 3 aromatic carbocycles. The van der Waals surface area contributed by atoms with Crippen molar-refractivity contribution in [2.45, 2.75) is 37.5 Å². The predicted molar refractivity (Wildman–Crippen MR) is 138 cm³/mol. The lowest BCUT2D eigenvalue weighted by Crippen LogP contribution is -2.10. The highest BCUT2D eigenvalue weighted by atomic mass is 35.5. The average molecular weight is 497 g/mol. The minimum Gasteiger partial charge on any atom is -0.493 e. The van der Waals surface area contributed by atoms with Gasteiger partial charge >= 0.3 is 5.97 Å². The topological polar surface area (TPSA) is 52.6 Å². The van der Waals surface area contributed by atoms with Crippen LogP contribution in [-0.4, -0.2) is 31.2 Å². The van der Waals surface area contributed by atoms with E-state index in [-0.39, 0.29) is 24.1 Å². The smallest absolute Gasteiger partial charge is 0.309 e. The van der Waals surface area contributed by atoms with Gasteiger partial charge in [0, 0.05) is 27.3 Å². The number of ketones is 1. The van der Waals surface area contributed by atoms with Crippen molar-refractivity contribution in [3.05, 3.63) is 94.0 Å². The minimum atomic E-state index is -0.288. The number of carbonyl (C=O) groups is 2. The Morgan fingerprint density at radius 2 is 1.76 bits per heavy atom.